The number of hydrogen-bond donors (Lipinski definition) is 15. The number of carboxylic acids is 7. The molecule has 34 heteroatoms. The largest absolute Gasteiger partial charge is 0.481 e. The van der Waals surface area contributed by atoms with E-state index in [1.54, 1.807) is 0 Å². The van der Waals surface area contributed by atoms with Gasteiger partial charge in [-0.15, -0.1) is 0 Å². The van der Waals surface area contributed by atoms with Crippen LogP contribution in [0.3, 0.4) is 0 Å². The molecule has 0 amide bonds. The van der Waals surface area contributed by atoms with Crippen LogP contribution < -0.4 is 42.8 Å². The lowest BCUT2D eigenvalue weighted by Gasteiger charge is -2.17. The van der Waals surface area contributed by atoms with Crippen LogP contribution in [-0.4, -0.2) is 117 Å². The van der Waals surface area contributed by atoms with Crippen molar-refractivity contribution in [3.8, 4) is 0 Å². The zero-order chi connectivity index (χ0) is 94.3. The number of halogens is 12. The molecule has 0 unspecified atom stereocenters. The van der Waals surface area contributed by atoms with Crippen LogP contribution in [0.4, 0.5) is 0 Å². The molecule has 0 saturated carbocycles. The molecule has 12 aromatic rings. The zero-order valence-electron chi connectivity index (χ0n) is 71.2. The van der Waals surface area contributed by atoms with Crippen LogP contribution in [-0.2, 0) is 84.9 Å². The highest BCUT2D eigenvalue weighted by Crippen LogP contribution is 2.47. The third-order valence-corrected chi connectivity index (χ3v) is 34.9. The van der Waals surface area contributed by atoms with Crippen molar-refractivity contribution in [2.45, 2.75) is 160 Å². The average molecular weight is 2520 g/mol. The van der Waals surface area contributed by atoms with E-state index in [2.05, 4.69) is 362 Å². The van der Waals surface area contributed by atoms with Crippen LogP contribution in [0.15, 0.2) is 90.4 Å². The standard InChI is InChI=1S/C55H46Br8N4.C40H38Br4N4O14/c1-21-15-26(6)33(27(7)16-21)37-50-42(58)40(56)48(64-50)36(32-24(4)13-12-14-25(32)5)49-41(57)43(59)51(65-49)38(34-28(8)17-22(2)18-29(34)9)53-45(61)47(63)55(67-53)39(54-46(62)44(60)52(37)66-54)35-30(10)19-23(3)20-31(35)11;1-2-3-14-18(10-25(55)56)37-30(42)34-16(5-8-23(51)52)20(12-27(59)60)39(47-34)32(44)36-17(6-9-24(53)54)21(13-28(61)62)40(48-36)31(43)35-15(4-7-22(49)50)19(11-26(57)58)38(46-35)29(41)33(14)45-37/h12-20,64-67H,1-11H3;45-48H,2-13H2,1H3,(H,49,50)(H,51,52)(H,53,54)(H,55,56)(H,57,58)(H,59,60)(H,61,62). The summed E-state index contributed by atoms with van der Waals surface area (Å²) in [5.74, 6) is -8.75. The van der Waals surface area contributed by atoms with Crippen LogP contribution in [0.25, 0.3) is 40.2 Å². The van der Waals surface area contributed by atoms with Crippen LogP contribution in [0, 0.1) is 76.2 Å². The van der Waals surface area contributed by atoms with E-state index in [0.717, 1.165) is 136 Å². The Morgan fingerprint density at radius 1 is 0.248 bits per heavy atom. The Labute approximate surface area is 840 Å². The molecule has 2 aliphatic rings. The fraction of sp³-hybridized carbons (Fsp3) is 0.253. The van der Waals surface area contributed by atoms with Crippen LogP contribution in [0.5, 0.6) is 0 Å². The molecule has 0 atom stereocenters. The third kappa shape index (κ3) is 19.1. The van der Waals surface area contributed by atoms with Gasteiger partial charge in [-0.25, -0.2) is 0 Å². The highest BCUT2D eigenvalue weighted by atomic mass is 79.9. The summed E-state index contributed by atoms with van der Waals surface area (Å²) in [6.45, 7) is 26.0. The minimum Gasteiger partial charge on any atom is -0.481 e. The summed E-state index contributed by atoms with van der Waals surface area (Å²) in [6, 6.07) is 20.1. The number of nitrogens with one attached hydrogen (secondary N) is 8. The summed E-state index contributed by atoms with van der Waals surface area (Å²) in [5, 5.41) is 74.7. The lowest BCUT2D eigenvalue weighted by molar-refractivity contribution is -0.138. The van der Waals surface area contributed by atoms with E-state index in [9.17, 15) is 69.3 Å². The summed E-state index contributed by atoms with van der Waals surface area (Å²) in [6.07, 6.45) is -3.78. The molecule has 2 aliphatic heterocycles. The molecular formula is C95H84Br12N8O14. The van der Waals surface area contributed by atoms with Gasteiger partial charge in [0.2, 0.25) is 0 Å². The summed E-state index contributed by atoms with van der Waals surface area (Å²) < 4.78 is 7.79. The Morgan fingerprint density at radius 3 is 0.721 bits per heavy atom. The Hall–Kier alpha value is -7.87. The van der Waals surface area contributed by atoms with Gasteiger partial charge in [-0.2, -0.15) is 0 Å². The number of benzene rings is 4. The van der Waals surface area contributed by atoms with Crippen molar-refractivity contribution >= 4 is 273 Å². The third-order valence-electron chi connectivity index (χ3n) is 23.2. The number of aryl methyl sites for hydroxylation is 11. The first kappa shape index (κ1) is 98.6. The number of rotatable bonds is 23. The van der Waals surface area contributed by atoms with Gasteiger partial charge in [-0.1, -0.05) is 84.6 Å². The molecule has 8 aromatic heterocycles. The van der Waals surface area contributed by atoms with E-state index in [1.807, 2.05) is 6.92 Å². The van der Waals surface area contributed by atoms with Gasteiger partial charge in [-0.05, 0) is 404 Å². The van der Waals surface area contributed by atoms with E-state index in [-0.39, 0.29) is 109 Å². The quantitative estimate of drug-likeness (QED) is 0.0283. The lowest BCUT2D eigenvalue weighted by atomic mass is 9.91. The van der Waals surface area contributed by atoms with E-state index >= 15 is 0 Å². The van der Waals surface area contributed by atoms with Gasteiger partial charge in [0.25, 0.3) is 0 Å². The summed E-state index contributed by atoms with van der Waals surface area (Å²) in [5.41, 5.74) is 27.5. The molecule has 0 saturated heterocycles. The Kier molecular flexibility index (Phi) is 30.4. The second kappa shape index (κ2) is 39.7. The first-order valence-corrected chi connectivity index (χ1v) is 50.0. The zero-order valence-corrected chi connectivity index (χ0v) is 90.2. The van der Waals surface area contributed by atoms with Gasteiger partial charge in [0.15, 0.2) is 0 Å². The maximum absolute atomic E-state index is 12.6. The Bertz CT molecular complexity index is 7340. The van der Waals surface area contributed by atoms with E-state index in [0.29, 0.717) is 29.3 Å². The fourth-order valence-corrected chi connectivity index (χ4v) is 25.0. The van der Waals surface area contributed by atoms with Crippen LogP contribution in [0.2, 0.25) is 0 Å². The maximum Gasteiger partial charge on any atom is 0.307 e. The number of aliphatic carboxylic acids is 7. The van der Waals surface area contributed by atoms with Gasteiger partial charge >= 0.3 is 41.8 Å². The molecule has 0 radical (unpaired) electrons. The van der Waals surface area contributed by atoms with Crippen LogP contribution in [0.1, 0.15) is 206 Å². The van der Waals surface area contributed by atoms with Crippen molar-refractivity contribution in [1.82, 2.24) is 39.9 Å². The summed E-state index contributed by atoms with van der Waals surface area (Å²) >= 11 is 48.1. The van der Waals surface area contributed by atoms with E-state index < -0.39 is 86.7 Å². The molecule has 15 N–H and O–H groups in total. The van der Waals surface area contributed by atoms with Gasteiger partial charge in [0.1, 0.15) is 0 Å². The molecular weight excluding hydrogens is 2440 g/mol. The van der Waals surface area contributed by atoms with Crippen LogP contribution >= 0.6 is 191 Å². The predicted octanol–water partition coefficient (Wildman–Crippen LogP) is 18.8. The van der Waals surface area contributed by atoms with Gasteiger partial charge in [-0.3, -0.25) is 33.6 Å². The van der Waals surface area contributed by atoms with E-state index in [4.69, 9.17) is 0 Å². The van der Waals surface area contributed by atoms with Crippen molar-refractivity contribution in [2.75, 3.05) is 0 Å². The second-order valence-corrected chi connectivity index (χ2v) is 41.9. The lowest BCUT2D eigenvalue weighted by Crippen LogP contribution is -2.21. The number of hydrogen-bond acceptors (Lipinski definition) is 7. The Morgan fingerprint density at radius 2 is 0.465 bits per heavy atom. The highest BCUT2D eigenvalue weighted by Gasteiger charge is 2.36. The van der Waals surface area contributed by atoms with Crippen molar-refractivity contribution < 1.29 is 69.3 Å². The minimum absolute atomic E-state index is 0.0807. The van der Waals surface area contributed by atoms with Crippen molar-refractivity contribution in [3.05, 3.63) is 307 Å². The molecule has 10 heterocycles. The Balaban J connectivity index is 0.000000221. The average Bonchev–Trinajstić information content (AvgIpc) is 1.56. The van der Waals surface area contributed by atoms with Crippen molar-refractivity contribution in [2.24, 2.45) is 0 Å². The first-order valence-electron chi connectivity index (χ1n) is 40.5. The minimum atomic E-state index is -1.32. The SMILES string of the molecule is CCCc1c(CC(=O)O)c2[nH]c1=C(Br)c1[nH]c(c(CCC(=O)O)c1CC(=O)O)C(Br)=c1[nH]c(c(CCC(=O)O)c1CC(=O)O)=C(Br)c1[nH]c(c(CCC(=O)O)c1CC(=O)O)C=2Br.Cc1cc(C)c(C2=c3[nH]c(c(Br)c3Br)=C(c3c(C)cccc3C)c3[nH]c(c(Br)c3Br)C(c3c(C)cc(C)cc3C)=c3[nH]c(c(Br)c3Br)=C(c3c(C)cc(C)cc3C)c3[nH]c2c(Br)c3Br)c(C)c1. The second-order valence-electron chi connectivity index (χ2n) is 32.4. The maximum atomic E-state index is 12.6. The monoisotopic (exact) mass is 2510 g/mol. The van der Waals surface area contributed by atoms with Crippen molar-refractivity contribution in [3.63, 3.8) is 0 Å². The van der Waals surface area contributed by atoms with Gasteiger partial charge < -0.3 is 75.6 Å². The van der Waals surface area contributed by atoms with Crippen molar-refractivity contribution in [1.29, 1.82) is 0 Å². The molecule has 14 rings (SSSR count). The molecule has 0 spiro atoms. The first-order chi connectivity index (χ1) is 60.8. The normalized spacial score (nSPS) is 12.7. The molecule has 16 bridgehead atoms. The van der Waals surface area contributed by atoms with Gasteiger partial charge in [0.05, 0.1) is 168 Å². The predicted molar refractivity (Wildman–Crippen MR) is 542 cm³/mol. The fourth-order valence-electron chi connectivity index (χ4n) is 18.4. The summed E-state index contributed by atoms with van der Waals surface area (Å²) in [4.78, 5) is 116. The molecule has 672 valence electrons. The number of fused-ring (bicyclic) bond motifs is 16. The summed E-state index contributed by atoms with van der Waals surface area (Å²) in [7, 11) is 0. The number of aromatic nitrogens is 8. The number of aromatic amines is 8. The molecule has 22 nitrogen and oxygen atoms in total. The smallest absolute Gasteiger partial charge is 0.307 e. The molecule has 0 fully saturated rings. The molecule has 0 aliphatic carbocycles. The topological polar surface area (TPSA) is 387 Å². The van der Waals surface area contributed by atoms with E-state index in [1.165, 1.54) is 50.1 Å². The number of H-pyrrole nitrogens is 8. The number of carboxylic acid groups (broad SMARTS) is 7. The highest BCUT2D eigenvalue weighted by molar-refractivity contribution is 9.16. The molecule has 4 aromatic carbocycles. The molecule has 129 heavy (non-hydrogen) atoms. The number of carbonyl (C=O) groups is 7. The van der Waals surface area contributed by atoms with Gasteiger partial charge in [0, 0.05) is 41.6 Å².